The molecule has 0 radical (unpaired) electrons. The van der Waals surface area contributed by atoms with Crippen LogP contribution in [0, 0.1) is 0 Å². The van der Waals surface area contributed by atoms with Gasteiger partial charge in [0, 0.05) is 48.1 Å². The quantitative estimate of drug-likeness (QED) is 0.782. The molecule has 0 aromatic carbocycles. The summed E-state index contributed by atoms with van der Waals surface area (Å²) in [5, 5.41) is 0. The van der Waals surface area contributed by atoms with Gasteiger partial charge in [-0.05, 0) is 51.3 Å². The minimum atomic E-state index is 0.349. The molecular weight excluding hydrogens is 402 g/mol. The summed E-state index contributed by atoms with van der Waals surface area (Å²) >= 11 is 8.94. The molecule has 1 saturated heterocycles. The van der Waals surface area contributed by atoms with Gasteiger partial charge in [0.15, 0.2) is 0 Å². The number of nitrogens with two attached hydrogens (primary N) is 1. The number of hydrogen-bond acceptors (Lipinski definition) is 4. The second-order valence-electron chi connectivity index (χ2n) is 5.35. The molecule has 2 rings (SSSR count). The van der Waals surface area contributed by atoms with E-state index in [1.165, 1.54) is 11.3 Å². The van der Waals surface area contributed by atoms with Crippen molar-refractivity contribution in [3.05, 3.63) is 19.2 Å². The Hall–Kier alpha value is 0.540. The number of hydrogen-bond donors (Lipinski definition) is 1. The van der Waals surface area contributed by atoms with Crippen molar-refractivity contribution in [2.24, 2.45) is 5.73 Å². The lowest BCUT2D eigenvalue weighted by Gasteiger charge is -2.40. The van der Waals surface area contributed by atoms with E-state index in [2.05, 4.69) is 61.6 Å². The predicted octanol–water partition coefficient (Wildman–Crippen LogP) is 3.69. The maximum Gasteiger partial charge on any atom is 0.0843 e. The normalized spacial score (nSPS) is 21.1. The second-order valence-corrected chi connectivity index (χ2v) is 8.61. The van der Waals surface area contributed by atoms with Crippen LogP contribution in [0.25, 0.3) is 0 Å². The Labute approximate surface area is 142 Å². The number of nitrogens with zero attached hydrogens (tertiary/aromatic N) is 2. The van der Waals surface area contributed by atoms with Crippen LogP contribution >= 0.6 is 43.2 Å². The molecule has 3 nitrogen and oxygen atoms in total. The minimum Gasteiger partial charge on any atom is -0.329 e. The van der Waals surface area contributed by atoms with Crippen molar-refractivity contribution in [1.82, 2.24) is 9.80 Å². The number of thiophene rings is 1. The van der Waals surface area contributed by atoms with Crippen LogP contribution in [0.15, 0.2) is 14.3 Å². The van der Waals surface area contributed by atoms with Crippen LogP contribution in [-0.4, -0.2) is 48.6 Å². The molecule has 6 heteroatoms. The first-order valence-electron chi connectivity index (χ1n) is 7.19. The lowest BCUT2D eigenvalue weighted by atomic mass is 10.1. The van der Waals surface area contributed by atoms with Gasteiger partial charge in [-0.25, -0.2) is 0 Å². The molecule has 2 heterocycles. The molecule has 2 atom stereocenters. The third-order valence-electron chi connectivity index (χ3n) is 4.22. The van der Waals surface area contributed by atoms with Gasteiger partial charge in [0.2, 0.25) is 0 Å². The molecule has 0 aliphatic carbocycles. The Morgan fingerprint density at radius 2 is 1.85 bits per heavy atom. The molecule has 0 spiro atoms. The largest absolute Gasteiger partial charge is 0.329 e. The third-order valence-corrected chi connectivity index (χ3v) is 7.58. The zero-order chi connectivity index (χ0) is 14.7. The van der Waals surface area contributed by atoms with Gasteiger partial charge in [0.25, 0.3) is 0 Å². The standard InChI is InChI=1S/C14H23Br2N3S/c1-3-10(2)18-4-6-19(7-5-18)12(9-17)13-8-11(15)14(16)20-13/h8,10,12H,3-7,9,17H2,1-2H3. The molecule has 1 aromatic heterocycles. The van der Waals surface area contributed by atoms with Gasteiger partial charge < -0.3 is 5.73 Å². The minimum absolute atomic E-state index is 0.349. The van der Waals surface area contributed by atoms with Crippen molar-refractivity contribution < 1.29 is 0 Å². The fourth-order valence-electron chi connectivity index (χ4n) is 2.72. The van der Waals surface area contributed by atoms with Gasteiger partial charge in [0.1, 0.15) is 0 Å². The summed E-state index contributed by atoms with van der Waals surface area (Å²) in [6, 6.07) is 3.24. The van der Waals surface area contributed by atoms with Gasteiger partial charge in [-0.2, -0.15) is 0 Å². The fourth-order valence-corrected chi connectivity index (χ4v) is 4.96. The van der Waals surface area contributed by atoms with Gasteiger partial charge >= 0.3 is 0 Å². The van der Waals surface area contributed by atoms with Gasteiger partial charge in [-0.3, -0.25) is 9.80 Å². The highest BCUT2D eigenvalue weighted by Gasteiger charge is 2.27. The van der Waals surface area contributed by atoms with Crippen LogP contribution in [0.1, 0.15) is 31.2 Å². The summed E-state index contributed by atoms with van der Waals surface area (Å²) in [4.78, 5) is 6.47. The fraction of sp³-hybridized carbons (Fsp3) is 0.714. The molecule has 1 aromatic rings. The van der Waals surface area contributed by atoms with Gasteiger partial charge in [-0.1, -0.05) is 6.92 Å². The van der Waals surface area contributed by atoms with Crippen molar-refractivity contribution >= 4 is 43.2 Å². The second kappa shape index (κ2) is 7.70. The monoisotopic (exact) mass is 423 g/mol. The van der Waals surface area contributed by atoms with Crippen LogP contribution < -0.4 is 5.73 Å². The lowest BCUT2D eigenvalue weighted by molar-refractivity contribution is 0.0753. The van der Waals surface area contributed by atoms with Crippen LogP contribution in [0.3, 0.4) is 0 Å². The lowest BCUT2D eigenvalue weighted by Crippen LogP contribution is -2.51. The first-order valence-corrected chi connectivity index (χ1v) is 9.60. The Morgan fingerprint density at radius 1 is 1.25 bits per heavy atom. The highest BCUT2D eigenvalue weighted by molar-refractivity contribution is 9.13. The molecule has 0 amide bonds. The van der Waals surface area contributed by atoms with Gasteiger partial charge in [0.05, 0.1) is 9.83 Å². The molecule has 0 saturated carbocycles. The van der Waals surface area contributed by atoms with E-state index in [0.717, 1.165) is 34.4 Å². The number of rotatable bonds is 5. The first-order chi connectivity index (χ1) is 9.56. The van der Waals surface area contributed by atoms with Crippen molar-refractivity contribution in [1.29, 1.82) is 0 Å². The first kappa shape index (κ1) is 16.9. The number of halogens is 2. The van der Waals surface area contributed by atoms with Crippen molar-refractivity contribution in [2.75, 3.05) is 32.7 Å². The summed E-state index contributed by atoms with van der Waals surface area (Å²) in [5.74, 6) is 0. The molecule has 2 N–H and O–H groups in total. The molecule has 114 valence electrons. The van der Waals surface area contributed by atoms with Crippen molar-refractivity contribution in [3.8, 4) is 0 Å². The molecule has 1 aliphatic rings. The van der Waals surface area contributed by atoms with Crippen LogP contribution in [0.5, 0.6) is 0 Å². The maximum absolute atomic E-state index is 6.04. The van der Waals surface area contributed by atoms with Crippen LogP contribution in [-0.2, 0) is 0 Å². The zero-order valence-corrected chi connectivity index (χ0v) is 16.1. The summed E-state index contributed by atoms with van der Waals surface area (Å²) in [6.07, 6.45) is 1.23. The molecule has 1 aliphatic heterocycles. The van der Waals surface area contributed by atoms with Crippen LogP contribution in [0.4, 0.5) is 0 Å². The van der Waals surface area contributed by atoms with E-state index in [4.69, 9.17) is 5.73 Å². The average molecular weight is 425 g/mol. The van der Waals surface area contributed by atoms with E-state index >= 15 is 0 Å². The van der Waals surface area contributed by atoms with Gasteiger partial charge in [-0.15, -0.1) is 11.3 Å². The molecule has 0 bridgehead atoms. The maximum atomic E-state index is 6.04. The summed E-state index contributed by atoms with van der Waals surface area (Å²) in [7, 11) is 0. The molecular formula is C14H23Br2N3S. The van der Waals surface area contributed by atoms with E-state index in [0.29, 0.717) is 18.6 Å². The summed E-state index contributed by atoms with van der Waals surface area (Å²) < 4.78 is 2.29. The van der Waals surface area contributed by atoms with E-state index in [-0.39, 0.29) is 0 Å². The Kier molecular flexibility index (Phi) is 6.51. The van der Waals surface area contributed by atoms with E-state index < -0.39 is 0 Å². The van der Waals surface area contributed by atoms with E-state index in [1.54, 1.807) is 11.3 Å². The molecule has 1 fully saturated rings. The summed E-state index contributed by atoms with van der Waals surface area (Å²) in [5.41, 5.74) is 6.04. The molecule has 2 unspecified atom stereocenters. The number of piperazine rings is 1. The Bertz CT molecular complexity index is 411. The van der Waals surface area contributed by atoms with E-state index in [1.807, 2.05) is 0 Å². The average Bonchev–Trinajstić information content (AvgIpc) is 2.79. The SMILES string of the molecule is CCC(C)N1CCN(C(CN)c2cc(Br)c(Br)s2)CC1. The Morgan fingerprint density at radius 3 is 2.30 bits per heavy atom. The van der Waals surface area contributed by atoms with E-state index in [9.17, 15) is 0 Å². The van der Waals surface area contributed by atoms with Crippen molar-refractivity contribution in [2.45, 2.75) is 32.4 Å². The summed E-state index contributed by atoms with van der Waals surface area (Å²) in [6.45, 7) is 9.80. The highest BCUT2D eigenvalue weighted by Crippen LogP contribution is 2.37. The Balaban J connectivity index is 2.00. The smallest absolute Gasteiger partial charge is 0.0843 e. The topological polar surface area (TPSA) is 32.5 Å². The van der Waals surface area contributed by atoms with Crippen LogP contribution in [0.2, 0.25) is 0 Å². The highest BCUT2D eigenvalue weighted by atomic mass is 79.9. The van der Waals surface area contributed by atoms with Crippen molar-refractivity contribution in [3.63, 3.8) is 0 Å². The predicted molar refractivity (Wildman–Crippen MR) is 94.4 cm³/mol. The zero-order valence-electron chi connectivity index (χ0n) is 12.1. The third kappa shape index (κ3) is 3.84. The molecule has 20 heavy (non-hydrogen) atoms.